The minimum Gasteiger partial charge on any atom is -0.345 e. The molecule has 2 unspecified atom stereocenters. The molecule has 19 heavy (non-hydrogen) atoms. The molecule has 0 radical (unpaired) electrons. The number of hydrogen-bond acceptors (Lipinski definition) is 5. The zero-order valence-electron chi connectivity index (χ0n) is 12.2. The molecule has 0 amide bonds. The number of fused-ring (bicyclic) bond motifs is 2. The summed E-state index contributed by atoms with van der Waals surface area (Å²) in [6.07, 6.45) is 4.94. The van der Waals surface area contributed by atoms with Crippen LogP contribution in [0.5, 0.6) is 0 Å². The third-order valence-corrected chi connectivity index (χ3v) is 5.29. The van der Waals surface area contributed by atoms with Crippen molar-refractivity contribution in [3.8, 4) is 0 Å². The minimum absolute atomic E-state index is 0.665. The molecule has 1 aromatic heterocycles. The lowest BCUT2D eigenvalue weighted by Crippen LogP contribution is -2.43. The molecular weight excluding hydrogens is 256 g/mol. The monoisotopic (exact) mass is 280 g/mol. The minimum atomic E-state index is 0.665. The summed E-state index contributed by atoms with van der Waals surface area (Å²) in [5.41, 5.74) is 0. The number of aromatic nitrogens is 2. The van der Waals surface area contributed by atoms with E-state index in [1.54, 1.807) is 11.5 Å². The maximum absolute atomic E-state index is 4.66. The number of hydrogen-bond donors (Lipinski definition) is 0. The molecule has 2 bridgehead atoms. The molecule has 2 fully saturated rings. The van der Waals surface area contributed by atoms with Gasteiger partial charge in [-0.05, 0) is 33.1 Å². The summed E-state index contributed by atoms with van der Waals surface area (Å²) in [6.45, 7) is 9.06. The second-order valence-electron chi connectivity index (χ2n) is 6.01. The molecule has 0 N–H and O–H groups in total. The van der Waals surface area contributed by atoms with Gasteiger partial charge in [-0.15, -0.1) is 0 Å². The first kappa shape index (κ1) is 13.3. The number of rotatable bonds is 3. The van der Waals surface area contributed by atoms with Crippen LogP contribution in [-0.4, -0.2) is 45.5 Å². The van der Waals surface area contributed by atoms with Crippen molar-refractivity contribution in [2.45, 2.75) is 64.6 Å². The Bertz CT molecular complexity index is 431. The Balaban J connectivity index is 1.76. The van der Waals surface area contributed by atoms with Gasteiger partial charge in [0.25, 0.3) is 0 Å². The smallest absolute Gasteiger partial charge is 0.205 e. The summed E-state index contributed by atoms with van der Waals surface area (Å²) in [6, 6.07) is 2.16. The van der Waals surface area contributed by atoms with Crippen molar-refractivity contribution in [1.29, 1.82) is 0 Å². The van der Waals surface area contributed by atoms with Gasteiger partial charge in [0.15, 0.2) is 0 Å². The van der Waals surface area contributed by atoms with Crippen LogP contribution in [0.15, 0.2) is 0 Å². The second kappa shape index (κ2) is 5.37. The lowest BCUT2D eigenvalue weighted by molar-refractivity contribution is 0.158. The Morgan fingerprint density at radius 3 is 2.74 bits per heavy atom. The Hall–Kier alpha value is -0.680. The van der Waals surface area contributed by atoms with Crippen molar-refractivity contribution >= 4 is 16.7 Å². The SMILES string of the molecule is CCc1nsc(N2CCC3CCC(C2)N3C(C)C)n1. The first-order chi connectivity index (χ1) is 9.19. The molecule has 4 nitrogen and oxygen atoms in total. The molecule has 0 spiro atoms. The van der Waals surface area contributed by atoms with Crippen molar-refractivity contribution in [3.05, 3.63) is 5.82 Å². The molecule has 3 heterocycles. The summed E-state index contributed by atoms with van der Waals surface area (Å²) >= 11 is 1.57. The van der Waals surface area contributed by atoms with Gasteiger partial charge in [-0.25, -0.2) is 4.98 Å². The molecule has 5 heteroatoms. The third kappa shape index (κ3) is 2.50. The fourth-order valence-electron chi connectivity index (χ4n) is 3.64. The molecular formula is C14H24N4S. The summed E-state index contributed by atoms with van der Waals surface area (Å²) in [7, 11) is 0. The van der Waals surface area contributed by atoms with Crippen LogP contribution in [0.3, 0.4) is 0 Å². The normalized spacial score (nSPS) is 28.1. The molecule has 0 saturated carbocycles. The predicted molar refractivity (Wildman–Crippen MR) is 79.9 cm³/mol. The Morgan fingerprint density at radius 2 is 2.05 bits per heavy atom. The van der Waals surface area contributed by atoms with E-state index in [1.807, 2.05) is 0 Å². The fraction of sp³-hybridized carbons (Fsp3) is 0.857. The largest absolute Gasteiger partial charge is 0.345 e. The van der Waals surface area contributed by atoms with Crippen LogP contribution in [-0.2, 0) is 6.42 Å². The van der Waals surface area contributed by atoms with Crippen LogP contribution in [0.25, 0.3) is 0 Å². The van der Waals surface area contributed by atoms with E-state index < -0.39 is 0 Å². The van der Waals surface area contributed by atoms with Crippen LogP contribution >= 0.6 is 11.5 Å². The van der Waals surface area contributed by atoms with Crippen molar-refractivity contribution in [2.75, 3.05) is 18.0 Å². The van der Waals surface area contributed by atoms with E-state index in [1.165, 1.54) is 19.3 Å². The van der Waals surface area contributed by atoms with Gasteiger partial charge in [-0.3, -0.25) is 4.90 Å². The second-order valence-corrected chi connectivity index (χ2v) is 6.74. The van der Waals surface area contributed by atoms with Gasteiger partial charge in [0.1, 0.15) is 5.82 Å². The quantitative estimate of drug-likeness (QED) is 0.852. The fourth-order valence-corrected chi connectivity index (χ4v) is 4.43. The van der Waals surface area contributed by atoms with E-state index >= 15 is 0 Å². The van der Waals surface area contributed by atoms with Crippen LogP contribution in [0.4, 0.5) is 5.13 Å². The molecule has 2 atom stereocenters. The summed E-state index contributed by atoms with van der Waals surface area (Å²) in [4.78, 5) is 9.87. The highest BCUT2D eigenvalue weighted by molar-refractivity contribution is 7.09. The van der Waals surface area contributed by atoms with Gasteiger partial charge >= 0.3 is 0 Å². The van der Waals surface area contributed by atoms with Gasteiger partial charge in [0, 0.05) is 49.2 Å². The zero-order valence-corrected chi connectivity index (χ0v) is 13.0. The molecule has 2 saturated heterocycles. The van der Waals surface area contributed by atoms with Crippen molar-refractivity contribution in [1.82, 2.24) is 14.3 Å². The first-order valence-electron chi connectivity index (χ1n) is 7.54. The molecule has 3 rings (SSSR count). The Morgan fingerprint density at radius 1 is 1.26 bits per heavy atom. The average Bonchev–Trinajstić information content (AvgIpc) is 2.93. The number of aryl methyl sites for hydroxylation is 1. The van der Waals surface area contributed by atoms with E-state index in [0.717, 1.165) is 36.5 Å². The maximum Gasteiger partial charge on any atom is 0.205 e. The zero-order chi connectivity index (χ0) is 13.4. The molecule has 2 aliphatic rings. The van der Waals surface area contributed by atoms with Gasteiger partial charge in [-0.2, -0.15) is 4.37 Å². The average molecular weight is 280 g/mol. The van der Waals surface area contributed by atoms with Crippen molar-refractivity contribution in [3.63, 3.8) is 0 Å². The maximum atomic E-state index is 4.66. The van der Waals surface area contributed by atoms with Crippen LogP contribution < -0.4 is 4.90 Å². The topological polar surface area (TPSA) is 32.3 Å². The standard InChI is InChI=1S/C14H24N4S/c1-4-13-15-14(19-16-13)17-8-7-11-5-6-12(9-17)18(11)10(2)3/h10-12H,4-9H2,1-3H3. The molecule has 0 aromatic carbocycles. The number of nitrogens with zero attached hydrogens (tertiary/aromatic N) is 4. The van der Waals surface area contributed by atoms with Gasteiger partial charge in [0.05, 0.1) is 0 Å². The molecule has 2 aliphatic heterocycles. The van der Waals surface area contributed by atoms with E-state index in [0.29, 0.717) is 12.1 Å². The van der Waals surface area contributed by atoms with Crippen molar-refractivity contribution < 1.29 is 0 Å². The van der Waals surface area contributed by atoms with E-state index in [2.05, 4.69) is 39.9 Å². The van der Waals surface area contributed by atoms with Gasteiger partial charge in [0.2, 0.25) is 5.13 Å². The highest BCUT2D eigenvalue weighted by Crippen LogP contribution is 2.33. The van der Waals surface area contributed by atoms with Gasteiger partial charge in [-0.1, -0.05) is 6.92 Å². The highest BCUT2D eigenvalue weighted by Gasteiger charge is 2.38. The molecule has 0 aliphatic carbocycles. The Labute approximate surface area is 120 Å². The van der Waals surface area contributed by atoms with E-state index in [-0.39, 0.29) is 0 Å². The summed E-state index contributed by atoms with van der Waals surface area (Å²) < 4.78 is 4.43. The van der Waals surface area contributed by atoms with Gasteiger partial charge < -0.3 is 4.90 Å². The lowest BCUT2D eigenvalue weighted by atomic mass is 10.1. The van der Waals surface area contributed by atoms with E-state index in [4.69, 9.17) is 0 Å². The van der Waals surface area contributed by atoms with Crippen LogP contribution in [0.1, 0.15) is 45.9 Å². The number of anilines is 1. The van der Waals surface area contributed by atoms with Crippen LogP contribution in [0, 0.1) is 0 Å². The Kier molecular flexibility index (Phi) is 3.76. The highest BCUT2D eigenvalue weighted by atomic mass is 32.1. The first-order valence-corrected chi connectivity index (χ1v) is 8.31. The lowest BCUT2D eigenvalue weighted by Gasteiger charge is -2.32. The van der Waals surface area contributed by atoms with E-state index in [9.17, 15) is 0 Å². The predicted octanol–water partition coefficient (Wildman–Crippen LogP) is 2.55. The van der Waals surface area contributed by atoms with Crippen molar-refractivity contribution in [2.24, 2.45) is 0 Å². The molecule has 1 aromatic rings. The third-order valence-electron chi connectivity index (χ3n) is 4.48. The van der Waals surface area contributed by atoms with Crippen LogP contribution in [0.2, 0.25) is 0 Å². The summed E-state index contributed by atoms with van der Waals surface area (Å²) in [5, 5.41) is 1.13. The molecule has 106 valence electrons. The summed E-state index contributed by atoms with van der Waals surface area (Å²) in [5.74, 6) is 0.995.